The van der Waals surface area contributed by atoms with Crippen LogP contribution in [-0.2, 0) is 16.4 Å². The number of sulfonamides is 1. The lowest BCUT2D eigenvalue weighted by molar-refractivity contribution is 0.241. The summed E-state index contributed by atoms with van der Waals surface area (Å²) in [6.07, 6.45) is 0.910. The van der Waals surface area contributed by atoms with Crippen LogP contribution in [0.15, 0.2) is 82.8 Å². The van der Waals surface area contributed by atoms with Crippen LogP contribution in [0.4, 0.5) is 4.79 Å². The Hall–Kier alpha value is -4.20. The van der Waals surface area contributed by atoms with Gasteiger partial charge in [0.05, 0.1) is 27.8 Å². The molecule has 4 aromatic rings. The number of hydrogen-bond acceptors (Lipinski definition) is 8. The number of nitrogens with one attached hydrogen (secondary N) is 3. The molecule has 6 N–H and O–H groups in total. The van der Waals surface area contributed by atoms with E-state index in [1.165, 1.54) is 23.5 Å². The molecule has 13 heteroatoms. The third-order valence-electron chi connectivity index (χ3n) is 5.90. The molecule has 210 valence electrons. The summed E-state index contributed by atoms with van der Waals surface area (Å²) in [6, 6.07) is 19.8. The first-order valence-electron chi connectivity index (χ1n) is 12.4. The predicted molar refractivity (Wildman–Crippen MR) is 154 cm³/mol. The van der Waals surface area contributed by atoms with Crippen molar-refractivity contribution < 1.29 is 23.2 Å². The summed E-state index contributed by atoms with van der Waals surface area (Å²) in [4.78, 5) is 16.1. The number of urea groups is 1. The highest BCUT2D eigenvalue weighted by molar-refractivity contribution is 7.89. The van der Waals surface area contributed by atoms with Gasteiger partial charge in [-0.2, -0.15) is 0 Å². The Morgan fingerprint density at radius 1 is 1.12 bits per heavy atom. The van der Waals surface area contributed by atoms with Gasteiger partial charge in [0.25, 0.3) is 0 Å². The number of carbonyl (C=O) groups is 1. The van der Waals surface area contributed by atoms with Crippen LogP contribution < -0.4 is 25.8 Å². The molecule has 2 amide bonds. The van der Waals surface area contributed by atoms with Gasteiger partial charge in [-0.25, -0.2) is 22.9 Å². The first-order valence-corrected chi connectivity index (χ1v) is 14.7. The van der Waals surface area contributed by atoms with Crippen LogP contribution in [0.2, 0.25) is 0 Å². The SMILES string of the molecule is CNC(=O)NCCCOc1ccc2nc(C(Cc3cccc(C(N)=NO)c3)NS(=O)(=O)c3ccccc3)sc2c1. The molecule has 1 heterocycles. The van der Waals surface area contributed by atoms with E-state index >= 15 is 0 Å². The van der Waals surface area contributed by atoms with Crippen molar-refractivity contribution in [2.75, 3.05) is 20.2 Å². The van der Waals surface area contributed by atoms with Gasteiger partial charge in [-0.15, -0.1) is 11.3 Å². The monoisotopic (exact) mass is 582 g/mol. The van der Waals surface area contributed by atoms with E-state index in [4.69, 9.17) is 20.7 Å². The highest BCUT2D eigenvalue weighted by Crippen LogP contribution is 2.32. The Morgan fingerprint density at radius 3 is 2.67 bits per heavy atom. The molecule has 4 rings (SSSR count). The molecule has 40 heavy (non-hydrogen) atoms. The van der Waals surface area contributed by atoms with E-state index in [2.05, 4.69) is 20.5 Å². The van der Waals surface area contributed by atoms with Gasteiger partial charge >= 0.3 is 6.03 Å². The minimum absolute atomic E-state index is 0.0415. The molecule has 11 nitrogen and oxygen atoms in total. The van der Waals surface area contributed by atoms with Gasteiger partial charge < -0.3 is 26.3 Å². The van der Waals surface area contributed by atoms with Crippen LogP contribution >= 0.6 is 11.3 Å². The van der Waals surface area contributed by atoms with Gasteiger partial charge in [-0.3, -0.25) is 0 Å². The summed E-state index contributed by atoms with van der Waals surface area (Å²) < 4.78 is 36.0. The highest BCUT2D eigenvalue weighted by atomic mass is 32.2. The van der Waals surface area contributed by atoms with E-state index in [9.17, 15) is 13.2 Å². The minimum atomic E-state index is -3.86. The fourth-order valence-corrected chi connectivity index (χ4v) is 6.24. The van der Waals surface area contributed by atoms with Crippen molar-refractivity contribution in [3.63, 3.8) is 0 Å². The molecule has 0 saturated carbocycles. The first-order chi connectivity index (χ1) is 19.3. The van der Waals surface area contributed by atoms with Crippen molar-refractivity contribution in [1.29, 1.82) is 0 Å². The average molecular weight is 583 g/mol. The molecule has 0 radical (unpaired) electrons. The molecule has 1 atom stereocenters. The number of nitrogens with zero attached hydrogens (tertiary/aromatic N) is 2. The average Bonchev–Trinajstić information content (AvgIpc) is 3.40. The normalized spacial score (nSPS) is 12.7. The molecule has 0 saturated heterocycles. The molecule has 0 aliphatic rings. The number of amidine groups is 1. The third-order valence-corrected chi connectivity index (χ3v) is 8.52. The minimum Gasteiger partial charge on any atom is -0.493 e. The van der Waals surface area contributed by atoms with Crippen LogP contribution in [0.5, 0.6) is 5.75 Å². The quantitative estimate of drug-likeness (QED) is 0.0561. The number of fused-ring (bicyclic) bond motifs is 1. The zero-order chi connectivity index (χ0) is 28.5. The van der Waals surface area contributed by atoms with Crippen molar-refractivity contribution >= 4 is 43.4 Å². The van der Waals surface area contributed by atoms with Crippen molar-refractivity contribution in [3.05, 3.63) is 88.9 Å². The van der Waals surface area contributed by atoms with E-state index in [1.54, 1.807) is 43.4 Å². The maximum absolute atomic E-state index is 13.3. The number of benzene rings is 3. The summed E-state index contributed by atoms with van der Waals surface area (Å²) in [7, 11) is -2.30. The summed E-state index contributed by atoms with van der Waals surface area (Å²) in [5.41, 5.74) is 7.77. The molecule has 1 unspecified atom stereocenters. The number of oxime groups is 1. The first kappa shape index (κ1) is 28.8. The standard InChI is InChI=1S/C27H30N6O5S2/c1-29-27(34)30-13-6-14-38-20-11-12-22-24(17-20)39-26(31-22)23(33-40(36,37)21-9-3-2-4-10-21)16-18-7-5-8-19(15-18)25(28)32-35/h2-5,7-12,15,17,23,33,35H,6,13-14,16H2,1H3,(H2,28,32)(H2,29,30,34). The van der Waals surface area contributed by atoms with Gasteiger partial charge in [-0.05, 0) is 54.8 Å². The molecule has 0 aliphatic carbocycles. The molecule has 0 fully saturated rings. The zero-order valence-electron chi connectivity index (χ0n) is 21.7. The zero-order valence-corrected chi connectivity index (χ0v) is 23.3. The number of aromatic nitrogens is 1. The van der Waals surface area contributed by atoms with Crippen LogP contribution in [0, 0.1) is 0 Å². The molecule has 3 aromatic carbocycles. The molecule has 0 aliphatic heterocycles. The van der Waals surface area contributed by atoms with Gasteiger partial charge in [0, 0.05) is 19.2 Å². The van der Waals surface area contributed by atoms with E-state index in [-0.39, 0.29) is 23.2 Å². The number of thiazole rings is 1. The Balaban J connectivity index is 1.58. The fraction of sp³-hybridized carbons (Fsp3) is 0.222. The molecular weight excluding hydrogens is 552 g/mol. The maximum atomic E-state index is 13.3. The highest BCUT2D eigenvalue weighted by Gasteiger charge is 2.25. The second-order valence-corrected chi connectivity index (χ2v) is 11.5. The maximum Gasteiger partial charge on any atom is 0.314 e. The Labute approximate surface area is 236 Å². The van der Waals surface area contributed by atoms with E-state index < -0.39 is 16.1 Å². The summed E-state index contributed by atoms with van der Waals surface area (Å²) in [6.45, 7) is 0.893. The largest absolute Gasteiger partial charge is 0.493 e. The van der Waals surface area contributed by atoms with Gasteiger partial charge in [0.2, 0.25) is 10.0 Å². The van der Waals surface area contributed by atoms with E-state index in [0.717, 1.165) is 10.3 Å². The van der Waals surface area contributed by atoms with Gasteiger partial charge in [0.1, 0.15) is 10.8 Å². The van der Waals surface area contributed by atoms with E-state index in [1.807, 2.05) is 24.3 Å². The smallest absolute Gasteiger partial charge is 0.314 e. The topological polar surface area (TPSA) is 168 Å². The fourth-order valence-electron chi connectivity index (χ4n) is 3.90. The van der Waals surface area contributed by atoms with Crippen LogP contribution in [-0.4, -0.2) is 50.7 Å². The molecule has 0 bridgehead atoms. The van der Waals surface area contributed by atoms with Crippen LogP contribution in [0.1, 0.15) is 28.6 Å². The predicted octanol–water partition coefficient (Wildman–Crippen LogP) is 3.35. The van der Waals surface area contributed by atoms with Crippen LogP contribution in [0.3, 0.4) is 0 Å². The van der Waals surface area contributed by atoms with Crippen molar-refractivity contribution in [2.45, 2.75) is 23.8 Å². The Morgan fingerprint density at radius 2 is 1.93 bits per heavy atom. The molecule has 0 spiro atoms. The van der Waals surface area contributed by atoms with Crippen molar-refractivity contribution in [3.8, 4) is 5.75 Å². The van der Waals surface area contributed by atoms with Crippen molar-refractivity contribution in [2.24, 2.45) is 10.9 Å². The Kier molecular flexibility index (Phi) is 9.53. The lowest BCUT2D eigenvalue weighted by Gasteiger charge is -2.17. The summed E-state index contributed by atoms with van der Waals surface area (Å²) in [5, 5.41) is 17.9. The van der Waals surface area contributed by atoms with Gasteiger partial charge in [-0.1, -0.05) is 41.6 Å². The lowest BCUT2D eigenvalue weighted by atomic mass is 10.0. The number of nitrogens with two attached hydrogens (primary N) is 1. The van der Waals surface area contributed by atoms with E-state index in [0.29, 0.717) is 41.4 Å². The van der Waals surface area contributed by atoms with Crippen LogP contribution in [0.25, 0.3) is 10.2 Å². The number of carbonyl (C=O) groups excluding carboxylic acids is 1. The lowest BCUT2D eigenvalue weighted by Crippen LogP contribution is -2.33. The Bertz CT molecular complexity index is 1590. The van der Waals surface area contributed by atoms with Crippen molar-refractivity contribution in [1.82, 2.24) is 20.3 Å². The summed E-state index contributed by atoms with van der Waals surface area (Å²) in [5.74, 6) is 0.607. The third kappa shape index (κ3) is 7.46. The summed E-state index contributed by atoms with van der Waals surface area (Å²) >= 11 is 1.37. The number of rotatable bonds is 12. The number of amides is 2. The second kappa shape index (κ2) is 13.2. The molecule has 1 aromatic heterocycles. The molecular formula is C27H30N6O5S2. The number of ether oxygens (including phenoxy) is 1. The van der Waals surface area contributed by atoms with Gasteiger partial charge in [0.15, 0.2) is 5.84 Å². The second-order valence-electron chi connectivity index (χ2n) is 8.77. The number of hydrogen-bond donors (Lipinski definition) is 5.